The summed E-state index contributed by atoms with van der Waals surface area (Å²) in [4.78, 5) is 33.7. The Hall–Kier alpha value is -2.28. The summed E-state index contributed by atoms with van der Waals surface area (Å²) in [6, 6.07) is 3.11. The van der Waals surface area contributed by atoms with E-state index in [9.17, 15) is 19.5 Å². The minimum atomic E-state index is -1.31. The molecule has 0 aliphatic heterocycles. The molecule has 1 unspecified atom stereocenters. The highest BCUT2D eigenvalue weighted by Crippen LogP contribution is 2.22. The van der Waals surface area contributed by atoms with Crippen molar-refractivity contribution < 1.29 is 19.5 Å². The van der Waals surface area contributed by atoms with Gasteiger partial charge in [-0.15, -0.1) is 0 Å². The number of primary amides is 1. The number of hydrogen-bond donors (Lipinski definition) is 4. The summed E-state index contributed by atoms with van der Waals surface area (Å²) in [5.74, 6) is -1.95. The van der Waals surface area contributed by atoms with Crippen LogP contribution in [0.2, 0.25) is 5.02 Å². The quantitative estimate of drug-likeness (QED) is 0.637. The summed E-state index contributed by atoms with van der Waals surface area (Å²) in [6.45, 7) is 1.38. The molecule has 108 valence electrons. The number of nitrogens with one attached hydrogen (secondary N) is 2. The minimum Gasteiger partial charge on any atom is -0.479 e. The number of halogens is 1. The first kappa shape index (κ1) is 15.8. The predicted molar refractivity (Wildman–Crippen MR) is 72.2 cm³/mol. The number of carbonyl (C=O) groups excluding carboxylic acids is 2. The second kappa shape index (κ2) is 6.76. The van der Waals surface area contributed by atoms with Crippen LogP contribution in [0.25, 0.3) is 0 Å². The molecule has 1 aromatic carbocycles. The van der Waals surface area contributed by atoms with Crippen molar-refractivity contribution in [1.82, 2.24) is 10.6 Å². The molecule has 5 N–H and O–H groups in total. The SMILES string of the molecule is CC(NC(N)=O)C(=O)N[C@@H](C(=O)O)c1ccccc1Cl. The van der Waals surface area contributed by atoms with E-state index in [1.165, 1.54) is 19.1 Å². The van der Waals surface area contributed by atoms with Gasteiger partial charge in [-0.2, -0.15) is 0 Å². The lowest BCUT2D eigenvalue weighted by atomic mass is 10.1. The van der Waals surface area contributed by atoms with Gasteiger partial charge in [-0.3, -0.25) is 4.79 Å². The van der Waals surface area contributed by atoms with E-state index >= 15 is 0 Å². The Morgan fingerprint density at radius 1 is 1.25 bits per heavy atom. The van der Waals surface area contributed by atoms with E-state index in [0.717, 1.165) is 0 Å². The van der Waals surface area contributed by atoms with Crippen LogP contribution < -0.4 is 16.4 Å². The zero-order chi connectivity index (χ0) is 15.3. The molecule has 0 saturated carbocycles. The zero-order valence-corrected chi connectivity index (χ0v) is 11.3. The Balaban J connectivity index is 2.89. The fourth-order valence-electron chi connectivity index (χ4n) is 1.53. The normalized spacial score (nSPS) is 13.1. The zero-order valence-electron chi connectivity index (χ0n) is 10.6. The topological polar surface area (TPSA) is 122 Å². The van der Waals surface area contributed by atoms with E-state index in [1.807, 2.05) is 0 Å². The number of carboxylic acid groups (broad SMARTS) is 1. The minimum absolute atomic E-state index is 0.218. The Morgan fingerprint density at radius 2 is 1.85 bits per heavy atom. The number of carbonyl (C=O) groups is 3. The van der Waals surface area contributed by atoms with Crippen molar-refractivity contribution in [2.24, 2.45) is 5.73 Å². The lowest BCUT2D eigenvalue weighted by molar-refractivity contribution is -0.142. The second-order valence-electron chi connectivity index (χ2n) is 4.03. The monoisotopic (exact) mass is 299 g/mol. The maximum absolute atomic E-state index is 11.8. The van der Waals surface area contributed by atoms with Crippen LogP contribution in [-0.2, 0) is 9.59 Å². The van der Waals surface area contributed by atoms with E-state index < -0.39 is 30.0 Å². The number of hydrogen-bond acceptors (Lipinski definition) is 3. The summed E-state index contributed by atoms with van der Waals surface area (Å²) in [5, 5.41) is 13.8. The molecule has 0 aromatic heterocycles. The van der Waals surface area contributed by atoms with Gasteiger partial charge in [0.25, 0.3) is 0 Å². The largest absolute Gasteiger partial charge is 0.479 e. The standard InChI is InChI=1S/C12H14ClN3O4/c1-6(15-12(14)20)10(17)16-9(11(18)19)7-4-2-3-5-8(7)13/h2-6,9H,1H3,(H,16,17)(H,18,19)(H3,14,15,20)/t6?,9-/m1/s1. The summed E-state index contributed by atoms with van der Waals surface area (Å²) >= 11 is 5.91. The van der Waals surface area contributed by atoms with Gasteiger partial charge in [0, 0.05) is 10.6 Å². The van der Waals surface area contributed by atoms with Gasteiger partial charge in [-0.25, -0.2) is 9.59 Å². The Bertz CT molecular complexity index is 535. The summed E-state index contributed by atoms with van der Waals surface area (Å²) in [5.41, 5.74) is 5.14. The molecular formula is C12H14ClN3O4. The summed E-state index contributed by atoms with van der Waals surface area (Å²) < 4.78 is 0. The van der Waals surface area contributed by atoms with Crippen molar-refractivity contribution in [2.45, 2.75) is 19.0 Å². The second-order valence-corrected chi connectivity index (χ2v) is 4.44. The summed E-state index contributed by atoms with van der Waals surface area (Å²) in [6.07, 6.45) is 0. The molecule has 0 spiro atoms. The Morgan fingerprint density at radius 3 is 2.35 bits per heavy atom. The molecule has 0 aliphatic carbocycles. The van der Waals surface area contributed by atoms with Crippen molar-refractivity contribution in [2.75, 3.05) is 0 Å². The van der Waals surface area contributed by atoms with E-state index in [1.54, 1.807) is 12.1 Å². The summed E-state index contributed by atoms with van der Waals surface area (Å²) in [7, 11) is 0. The van der Waals surface area contributed by atoms with E-state index in [-0.39, 0.29) is 10.6 Å². The Kier molecular flexibility index (Phi) is 5.33. The van der Waals surface area contributed by atoms with Gasteiger partial charge < -0.3 is 21.5 Å². The Labute approximate surface area is 120 Å². The molecular weight excluding hydrogens is 286 g/mol. The van der Waals surface area contributed by atoms with Crippen LogP contribution in [0.15, 0.2) is 24.3 Å². The lowest BCUT2D eigenvalue weighted by Crippen LogP contribution is -2.48. The molecule has 1 rings (SSSR count). The van der Waals surface area contributed by atoms with Crippen molar-refractivity contribution in [3.8, 4) is 0 Å². The number of nitrogens with two attached hydrogens (primary N) is 1. The van der Waals surface area contributed by atoms with Gasteiger partial charge in [0.15, 0.2) is 6.04 Å². The lowest BCUT2D eigenvalue weighted by Gasteiger charge is -2.19. The van der Waals surface area contributed by atoms with Crippen LogP contribution in [0, 0.1) is 0 Å². The fourth-order valence-corrected chi connectivity index (χ4v) is 1.77. The van der Waals surface area contributed by atoms with E-state index in [2.05, 4.69) is 10.6 Å². The number of amides is 3. The van der Waals surface area contributed by atoms with Crippen LogP contribution >= 0.6 is 11.6 Å². The first-order chi connectivity index (χ1) is 9.32. The highest BCUT2D eigenvalue weighted by Gasteiger charge is 2.26. The molecule has 3 amide bonds. The number of benzene rings is 1. The smallest absolute Gasteiger partial charge is 0.330 e. The average Bonchev–Trinajstić information content (AvgIpc) is 2.35. The third-order valence-electron chi connectivity index (χ3n) is 2.50. The average molecular weight is 300 g/mol. The van der Waals surface area contributed by atoms with Gasteiger partial charge in [-0.1, -0.05) is 29.8 Å². The molecule has 0 fully saturated rings. The molecule has 0 heterocycles. The van der Waals surface area contributed by atoms with Crippen molar-refractivity contribution in [3.05, 3.63) is 34.9 Å². The van der Waals surface area contributed by atoms with Gasteiger partial charge in [-0.05, 0) is 13.0 Å². The van der Waals surface area contributed by atoms with Crippen LogP contribution in [0.4, 0.5) is 4.79 Å². The molecule has 1 aromatic rings. The van der Waals surface area contributed by atoms with Crippen molar-refractivity contribution >= 4 is 29.5 Å². The van der Waals surface area contributed by atoms with Crippen molar-refractivity contribution in [3.63, 3.8) is 0 Å². The van der Waals surface area contributed by atoms with Crippen LogP contribution in [0.3, 0.4) is 0 Å². The third kappa shape index (κ3) is 4.13. The first-order valence-electron chi connectivity index (χ1n) is 5.66. The fraction of sp³-hybridized carbons (Fsp3) is 0.250. The predicted octanol–water partition coefficient (Wildman–Crippen LogP) is 0.639. The van der Waals surface area contributed by atoms with Gasteiger partial charge >= 0.3 is 12.0 Å². The van der Waals surface area contributed by atoms with Gasteiger partial charge in [0.05, 0.1) is 0 Å². The molecule has 0 aliphatic rings. The highest BCUT2D eigenvalue weighted by molar-refractivity contribution is 6.31. The maximum Gasteiger partial charge on any atom is 0.330 e. The van der Waals surface area contributed by atoms with E-state index in [4.69, 9.17) is 17.3 Å². The first-order valence-corrected chi connectivity index (χ1v) is 6.04. The number of urea groups is 1. The van der Waals surface area contributed by atoms with Gasteiger partial charge in [0.1, 0.15) is 6.04 Å². The molecule has 20 heavy (non-hydrogen) atoms. The maximum atomic E-state index is 11.8. The van der Waals surface area contributed by atoms with Gasteiger partial charge in [0.2, 0.25) is 5.91 Å². The number of carboxylic acids is 1. The van der Waals surface area contributed by atoms with Crippen molar-refractivity contribution in [1.29, 1.82) is 0 Å². The molecule has 0 bridgehead atoms. The van der Waals surface area contributed by atoms with Crippen LogP contribution in [-0.4, -0.2) is 29.1 Å². The molecule has 2 atom stereocenters. The van der Waals surface area contributed by atoms with Crippen LogP contribution in [0.1, 0.15) is 18.5 Å². The highest BCUT2D eigenvalue weighted by atomic mass is 35.5. The number of rotatable bonds is 5. The molecule has 8 heteroatoms. The number of aliphatic carboxylic acids is 1. The molecule has 0 radical (unpaired) electrons. The third-order valence-corrected chi connectivity index (χ3v) is 2.85. The molecule has 0 saturated heterocycles. The van der Waals surface area contributed by atoms with E-state index in [0.29, 0.717) is 0 Å². The molecule has 7 nitrogen and oxygen atoms in total. The van der Waals surface area contributed by atoms with Crippen LogP contribution in [0.5, 0.6) is 0 Å².